The minimum absolute atomic E-state index is 0.100. The number of piperidine rings is 1. The number of hydrogen-bond acceptors (Lipinski definition) is 4. The molecule has 1 saturated heterocycles. The van der Waals surface area contributed by atoms with Gasteiger partial charge < -0.3 is 19.5 Å². The van der Waals surface area contributed by atoms with Gasteiger partial charge >= 0.3 is 6.09 Å². The molecule has 0 saturated carbocycles. The second-order valence-corrected chi connectivity index (χ2v) is 9.42. The summed E-state index contributed by atoms with van der Waals surface area (Å²) < 4.78 is 7.72. The Labute approximate surface area is 188 Å². The molecule has 0 bridgehead atoms. The lowest BCUT2D eigenvalue weighted by Gasteiger charge is -2.34. The first kappa shape index (κ1) is 21.5. The van der Waals surface area contributed by atoms with Crippen LogP contribution < -0.4 is 5.32 Å². The van der Waals surface area contributed by atoms with Gasteiger partial charge in [-0.2, -0.15) is 0 Å². The molecule has 1 N–H and O–H groups in total. The van der Waals surface area contributed by atoms with Crippen LogP contribution in [0.15, 0.2) is 48.5 Å². The number of carbonyl (C=O) groups excluding carboxylic acids is 1. The molecule has 7 heteroatoms. The van der Waals surface area contributed by atoms with Crippen LogP contribution >= 0.6 is 11.6 Å². The van der Waals surface area contributed by atoms with Crippen LogP contribution in [0.5, 0.6) is 0 Å². The third kappa shape index (κ3) is 5.13. The van der Waals surface area contributed by atoms with Crippen molar-refractivity contribution >= 4 is 34.7 Å². The topological polar surface area (TPSA) is 59.4 Å². The van der Waals surface area contributed by atoms with Crippen LogP contribution in [0.4, 0.5) is 10.7 Å². The lowest BCUT2D eigenvalue weighted by Crippen LogP contribution is -2.47. The number of imidazole rings is 1. The summed E-state index contributed by atoms with van der Waals surface area (Å²) in [5, 5.41) is 4.32. The molecule has 164 valence electrons. The highest BCUT2D eigenvalue weighted by atomic mass is 35.5. The summed E-state index contributed by atoms with van der Waals surface area (Å²) in [6, 6.07) is 16.1. The Kier molecular flexibility index (Phi) is 6.10. The summed E-state index contributed by atoms with van der Waals surface area (Å²) in [5.41, 5.74) is 2.51. The standard InChI is InChI=1S/C24H29ClN4O2/c1-24(2,3)31-23(30)28-14-8-10-18(16-28)26-22-27-20-12-6-7-13-21(20)29(22)15-17-9-4-5-11-19(17)25/h4-7,9,11-13,18H,8,10,14-16H2,1-3H3,(H,26,27). The quantitative estimate of drug-likeness (QED) is 0.577. The van der Waals surface area contributed by atoms with Crippen molar-refractivity contribution in [2.24, 2.45) is 0 Å². The number of halogens is 1. The molecule has 4 rings (SSSR count). The molecule has 0 radical (unpaired) electrons. The third-order valence-corrected chi connectivity index (χ3v) is 5.72. The van der Waals surface area contributed by atoms with Crippen molar-refractivity contribution in [1.82, 2.24) is 14.5 Å². The number of rotatable bonds is 4. The average Bonchev–Trinajstić information content (AvgIpc) is 3.06. The van der Waals surface area contributed by atoms with Gasteiger partial charge in [0.2, 0.25) is 5.95 Å². The molecular formula is C24H29ClN4O2. The predicted octanol–water partition coefficient (Wildman–Crippen LogP) is 5.55. The van der Waals surface area contributed by atoms with Crippen molar-refractivity contribution in [3.63, 3.8) is 0 Å². The fourth-order valence-electron chi connectivity index (χ4n) is 3.91. The van der Waals surface area contributed by atoms with Crippen molar-refractivity contribution in [2.45, 2.75) is 51.8 Å². The van der Waals surface area contributed by atoms with Crippen LogP contribution in [0.25, 0.3) is 11.0 Å². The van der Waals surface area contributed by atoms with Crippen LogP contribution in [0.1, 0.15) is 39.2 Å². The maximum atomic E-state index is 12.5. The number of nitrogens with zero attached hydrogens (tertiary/aromatic N) is 3. The minimum Gasteiger partial charge on any atom is -0.444 e. The first-order valence-corrected chi connectivity index (χ1v) is 11.1. The second kappa shape index (κ2) is 8.79. The number of likely N-dealkylation sites (tertiary alicyclic amines) is 1. The molecule has 6 nitrogen and oxygen atoms in total. The zero-order chi connectivity index (χ0) is 22.0. The largest absolute Gasteiger partial charge is 0.444 e. The highest BCUT2D eigenvalue weighted by molar-refractivity contribution is 6.31. The average molecular weight is 441 g/mol. The summed E-state index contributed by atoms with van der Waals surface area (Å²) >= 11 is 6.43. The smallest absolute Gasteiger partial charge is 0.410 e. The summed E-state index contributed by atoms with van der Waals surface area (Å²) in [6.07, 6.45) is 1.62. The Bertz CT molecular complexity index is 1070. The number of anilines is 1. The van der Waals surface area contributed by atoms with E-state index in [0.29, 0.717) is 19.6 Å². The highest BCUT2D eigenvalue weighted by Crippen LogP contribution is 2.26. The van der Waals surface area contributed by atoms with Gasteiger partial charge in [0.1, 0.15) is 5.60 Å². The lowest BCUT2D eigenvalue weighted by molar-refractivity contribution is 0.0206. The van der Waals surface area contributed by atoms with E-state index < -0.39 is 5.60 Å². The van der Waals surface area contributed by atoms with E-state index in [1.165, 1.54) is 0 Å². The monoisotopic (exact) mass is 440 g/mol. The normalized spacial score (nSPS) is 17.0. The Morgan fingerprint density at radius 1 is 1.19 bits per heavy atom. The van der Waals surface area contributed by atoms with E-state index in [-0.39, 0.29) is 12.1 Å². The highest BCUT2D eigenvalue weighted by Gasteiger charge is 2.28. The van der Waals surface area contributed by atoms with Gasteiger partial charge in [-0.15, -0.1) is 0 Å². The molecule has 1 amide bonds. The van der Waals surface area contributed by atoms with Crippen LogP contribution in [-0.4, -0.2) is 45.3 Å². The predicted molar refractivity (Wildman–Crippen MR) is 125 cm³/mol. The molecule has 1 atom stereocenters. The molecule has 1 fully saturated rings. The van der Waals surface area contributed by atoms with Gasteiger partial charge in [-0.25, -0.2) is 9.78 Å². The van der Waals surface area contributed by atoms with Crippen molar-refractivity contribution in [2.75, 3.05) is 18.4 Å². The molecule has 1 unspecified atom stereocenters. The van der Waals surface area contributed by atoms with E-state index in [2.05, 4.69) is 16.0 Å². The van der Waals surface area contributed by atoms with E-state index in [9.17, 15) is 4.79 Å². The Morgan fingerprint density at radius 2 is 1.94 bits per heavy atom. The number of hydrogen-bond donors (Lipinski definition) is 1. The number of aromatic nitrogens is 2. The molecule has 1 aromatic heterocycles. The molecule has 2 aromatic carbocycles. The first-order valence-electron chi connectivity index (χ1n) is 10.7. The van der Waals surface area contributed by atoms with Crippen LogP contribution in [0.2, 0.25) is 5.02 Å². The minimum atomic E-state index is -0.500. The van der Waals surface area contributed by atoms with E-state index in [1.54, 1.807) is 4.90 Å². The molecule has 1 aliphatic heterocycles. The van der Waals surface area contributed by atoms with E-state index in [0.717, 1.165) is 40.4 Å². The number of nitrogens with one attached hydrogen (secondary N) is 1. The van der Waals surface area contributed by atoms with Gasteiger partial charge in [-0.3, -0.25) is 0 Å². The van der Waals surface area contributed by atoms with E-state index in [4.69, 9.17) is 21.3 Å². The van der Waals surface area contributed by atoms with Crippen molar-refractivity contribution in [3.05, 3.63) is 59.1 Å². The number of fused-ring (bicyclic) bond motifs is 1. The SMILES string of the molecule is CC(C)(C)OC(=O)N1CCCC(Nc2nc3ccccc3n2Cc2ccccc2Cl)C1. The number of amides is 1. The Morgan fingerprint density at radius 3 is 2.71 bits per heavy atom. The molecule has 0 spiro atoms. The van der Waals surface area contributed by atoms with Gasteiger partial charge in [0, 0.05) is 24.2 Å². The number of carbonyl (C=O) groups is 1. The second-order valence-electron chi connectivity index (χ2n) is 9.01. The Hall–Kier alpha value is -2.73. The lowest BCUT2D eigenvalue weighted by atomic mass is 10.1. The maximum absolute atomic E-state index is 12.5. The van der Waals surface area contributed by atoms with Crippen LogP contribution in [0.3, 0.4) is 0 Å². The molecule has 1 aliphatic rings. The van der Waals surface area contributed by atoms with Gasteiger partial charge in [0.25, 0.3) is 0 Å². The van der Waals surface area contributed by atoms with Crippen molar-refractivity contribution in [1.29, 1.82) is 0 Å². The third-order valence-electron chi connectivity index (χ3n) is 5.35. The zero-order valence-electron chi connectivity index (χ0n) is 18.3. The summed E-state index contributed by atoms with van der Waals surface area (Å²) in [6.45, 7) is 7.59. The van der Waals surface area contributed by atoms with Gasteiger partial charge in [-0.1, -0.05) is 41.9 Å². The Balaban J connectivity index is 1.57. The zero-order valence-corrected chi connectivity index (χ0v) is 19.0. The molecule has 0 aliphatic carbocycles. The van der Waals surface area contributed by atoms with Crippen LogP contribution in [0, 0.1) is 0 Å². The number of ether oxygens (including phenoxy) is 1. The fraction of sp³-hybridized carbons (Fsp3) is 0.417. The molecule has 31 heavy (non-hydrogen) atoms. The van der Waals surface area contributed by atoms with E-state index in [1.807, 2.05) is 63.2 Å². The van der Waals surface area contributed by atoms with Gasteiger partial charge in [-0.05, 0) is 57.4 Å². The first-order chi connectivity index (χ1) is 14.8. The number of benzene rings is 2. The van der Waals surface area contributed by atoms with E-state index >= 15 is 0 Å². The maximum Gasteiger partial charge on any atom is 0.410 e. The fourth-order valence-corrected chi connectivity index (χ4v) is 4.11. The molecule has 3 aromatic rings. The summed E-state index contributed by atoms with van der Waals surface area (Å²) in [5.74, 6) is 0.789. The summed E-state index contributed by atoms with van der Waals surface area (Å²) in [4.78, 5) is 19.2. The molecular weight excluding hydrogens is 412 g/mol. The van der Waals surface area contributed by atoms with Gasteiger partial charge in [0.15, 0.2) is 0 Å². The van der Waals surface area contributed by atoms with Gasteiger partial charge in [0.05, 0.1) is 17.6 Å². The molecule has 2 heterocycles. The number of para-hydroxylation sites is 2. The van der Waals surface area contributed by atoms with Crippen molar-refractivity contribution in [3.8, 4) is 0 Å². The summed E-state index contributed by atoms with van der Waals surface area (Å²) in [7, 11) is 0. The van der Waals surface area contributed by atoms with Crippen LogP contribution in [-0.2, 0) is 11.3 Å². The van der Waals surface area contributed by atoms with Crippen molar-refractivity contribution < 1.29 is 9.53 Å².